The van der Waals surface area contributed by atoms with Crippen LogP contribution in [0.4, 0.5) is 13.2 Å². The van der Waals surface area contributed by atoms with Crippen LogP contribution in [0.1, 0.15) is 5.56 Å². The minimum Gasteiger partial charge on any atom is -0.476 e. The summed E-state index contributed by atoms with van der Waals surface area (Å²) in [4.78, 5) is 11.0. The first kappa shape index (κ1) is 19.4. The second-order valence-corrected chi connectivity index (χ2v) is 5.41. The summed E-state index contributed by atoms with van der Waals surface area (Å²) in [5.74, 6) is 3.43. The molecular formula is C16H13ClF3N3O3. The zero-order valence-corrected chi connectivity index (χ0v) is 13.7. The Morgan fingerprint density at radius 2 is 1.77 bits per heavy atom. The fourth-order valence-electron chi connectivity index (χ4n) is 2.15. The quantitative estimate of drug-likeness (QED) is 0.356. The van der Waals surface area contributed by atoms with Crippen LogP contribution in [0.5, 0.6) is 5.75 Å². The molecule has 0 spiro atoms. The minimum absolute atomic E-state index is 0.123. The number of hydrogen-bond donors (Lipinski definition) is 4. The summed E-state index contributed by atoms with van der Waals surface area (Å²) in [6.07, 6.45) is -4.77. The maximum Gasteiger partial charge on any atom is 0.573 e. The lowest BCUT2D eigenvalue weighted by molar-refractivity contribution is -0.274. The van der Waals surface area contributed by atoms with Gasteiger partial charge >= 0.3 is 12.3 Å². The standard InChI is InChI=1S/C16H13ClF3N3O3/c17-12-7-9(13(21)14(23-22)15(24)25)3-6-11(12)8-1-4-10(5-2-8)26-16(18,19)20/h1-7,23H,21-22H2,(H,24,25)/b14-13-. The SMILES string of the molecule is NN/C(C(=O)O)=C(\N)c1ccc(-c2ccc(OC(F)(F)F)cc2)c(Cl)c1. The van der Waals surface area contributed by atoms with Crippen molar-refractivity contribution in [2.24, 2.45) is 11.6 Å². The molecule has 0 atom stereocenters. The van der Waals surface area contributed by atoms with E-state index in [4.69, 9.17) is 28.3 Å². The first-order valence-corrected chi connectivity index (χ1v) is 7.36. The first-order chi connectivity index (χ1) is 12.1. The summed E-state index contributed by atoms with van der Waals surface area (Å²) < 4.78 is 40.4. The van der Waals surface area contributed by atoms with Gasteiger partial charge in [-0.15, -0.1) is 13.2 Å². The molecule has 138 valence electrons. The number of aliphatic carboxylic acids is 1. The topological polar surface area (TPSA) is 111 Å². The summed E-state index contributed by atoms with van der Waals surface area (Å²) in [5, 5.41) is 9.23. The Kier molecular flexibility index (Phi) is 5.63. The predicted octanol–water partition coefficient (Wildman–Crippen LogP) is 3.08. The van der Waals surface area contributed by atoms with Crippen LogP contribution in [-0.2, 0) is 4.79 Å². The van der Waals surface area contributed by atoms with Gasteiger partial charge in [0.05, 0.1) is 5.70 Å². The molecule has 0 aliphatic rings. The molecule has 2 rings (SSSR count). The monoisotopic (exact) mass is 387 g/mol. The van der Waals surface area contributed by atoms with Crippen LogP contribution in [0.3, 0.4) is 0 Å². The molecule has 2 aromatic carbocycles. The third kappa shape index (κ3) is 4.58. The number of nitrogens with one attached hydrogen (secondary N) is 1. The van der Waals surface area contributed by atoms with Crippen LogP contribution in [0.25, 0.3) is 16.8 Å². The molecular weight excluding hydrogens is 375 g/mol. The fraction of sp³-hybridized carbons (Fsp3) is 0.0625. The highest BCUT2D eigenvalue weighted by Gasteiger charge is 2.31. The summed E-state index contributed by atoms with van der Waals surface area (Å²) in [7, 11) is 0. The Morgan fingerprint density at radius 1 is 1.15 bits per heavy atom. The third-order valence-corrected chi connectivity index (χ3v) is 3.62. The molecule has 0 amide bonds. The lowest BCUT2D eigenvalue weighted by atomic mass is 10.0. The average molecular weight is 388 g/mol. The maximum atomic E-state index is 12.2. The highest BCUT2D eigenvalue weighted by molar-refractivity contribution is 6.33. The van der Waals surface area contributed by atoms with E-state index >= 15 is 0 Å². The molecule has 0 saturated carbocycles. The van der Waals surface area contributed by atoms with E-state index in [1.165, 1.54) is 24.3 Å². The molecule has 0 aromatic heterocycles. The fourth-order valence-corrected chi connectivity index (χ4v) is 2.44. The van der Waals surface area contributed by atoms with Gasteiger partial charge in [0.1, 0.15) is 5.75 Å². The Hall–Kier alpha value is -2.91. The van der Waals surface area contributed by atoms with Crippen molar-refractivity contribution in [1.29, 1.82) is 0 Å². The van der Waals surface area contributed by atoms with Gasteiger partial charge in [0.2, 0.25) is 0 Å². The van der Waals surface area contributed by atoms with Gasteiger partial charge in [-0.1, -0.05) is 35.9 Å². The number of nitrogens with two attached hydrogens (primary N) is 2. The van der Waals surface area contributed by atoms with Crippen molar-refractivity contribution in [3.8, 4) is 16.9 Å². The Bertz CT molecular complexity index is 852. The Balaban J connectivity index is 2.34. The minimum atomic E-state index is -4.77. The summed E-state index contributed by atoms with van der Waals surface area (Å²) in [6.45, 7) is 0. The van der Waals surface area contributed by atoms with Gasteiger partial charge in [0.25, 0.3) is 0 Å². The number of hydrogen-bond acceptors (Lipinski definition) is 5. The summed E-state index contributed by atoms with van der Waals surface area (Å²) in [6, 6.07) is 9.62. The number of carbonyl (C=O) groups is 1. The first-order valence-electron chi connectivity index (χ1n) is 6.98. The van der Waals surface area contributed by atoms with Gasteiger partial charge in [-0.25, -0.2) is 4.79 Å². The van der Waals surface area contributed by atoms with Crippen LogP contribution in [-0.4, -0.2) is 17.4 Å². The van der Waals surface area contributed by atoms with Crippen LogP contribution >= 0.6 is 11.6 Å². The molecule has 2 aromatic rings. The second-order valence-electron chi connectivity index (χ2n) is 5.00. The zero-order valence-electron chi connectivity index (χ0n) is 13.0. The van der Waals surface area contributed by atoms with Gasteiger partial charge in [0, 0.05) is 16.1 Å². The number of rotatable bonds is 5. The highest BCUT2D eigenvalue weighted by Crippen LogP contribution is 2.32. The number of ether oxygens (including phenoxy) is 1. The molecule has 0 fully saturated rings. The molecule has 6 nitrogen and oxygen atoms in total. The van der Waals surface area contributed by atoms with Crippen molar-refractivity contribution >= 4 is 23.3 Å². The van der Waals surface area contributed by atoms with Gasteiger partial charge < -0.3 is 21.0 Å². The lowest BCUT2D eigenvalue weighted by Crippen LogP contribution is -2.29. The largest absolute Gasteiger partial charge is 0.573 e. The normalized spacial score (nSPS) is 12.3. The Labute approximate surface area is 150 Å². The molecule has 0 aliphatic carbocycles. The van der Waals surface area contributed by atoms with Gasteiger partial charge in [-0.3, -0.25) is 5.84 Å². The zero-order chi connectivity index (χ0) is 19.5. The number of carboxylic acid groups (broad SMARTS) is 1. The molecule has 0 aliphatic heterocycles. The van der Waals surface area contributed by atoms with Crippen LogP contribution in [0.2, 0.25) is 5.02 Å². The number of halogens is 4. The maximum absolute atomic E-state index is 12.2. The number of carboxylic acids is 1. The van der Waals surface area contributed by atoms with Crippen LogP contribution in [0, 0.1) is 0 Å². The van der Waals surface area contributed by atoms with Gasteiger partial charge in [-0.05, 0) is 23.8 Å². The van der Waals surface area contributed by atoms with Gasteiger partial charge in [-0.2, -0.15) is 0 Å². The van der Waals surface area contributed by atoms with Crippen molar-refractivity contribution in [2.45, 2.75) is 6.36 Å². The molecule has 0 saturated heterocycles. The van der Waals surface area contributed by atoms with Crippen molar-refractivity contribution < 1.29 is 27.8 Å². The van der Waals surface area contributed by atoms with E-state index in [2.05, 4.69) is 4.74 Å². The summed E-state index contributed by atoms with van der Waals surface area (Å²) in [5.41, 5.74) is 8.60. The number of alkyl halides is 3. The number of hydrazine groups is 1. The third-order valence-electron chi connectivity index (χ3n) is 3.31. The average Bonchev–Trinajstić information content (AvgIpc) is 2.54. The van der Waals surface area contributed by atoms with Crippen LogP contribution in [0.15, 0.2) is 48.2 Å². The molecule has 0 bridgehead atoms. The van der Waals surface area contributed by atoms with Gasteiger partial charge in [0.15, 0.2) is 5.70 Å². The smallest absolute Gasteiger partial charge is 0.476 e. The van der Waals surface area contributed by atoms with E-state index in [-0.39, 0.29) is 16.5 Å². The van der Waals surface area contributed by atoms with Crippen molar-refractivity contribution in [2.75, 3.05) is 0 Å². The lowest BCUT2D eigenvalue weighted by Gasteiger charge is -2.12. The highest BCUT2D eigenvalue weighted by atomic mass is 35.5. The second kappa shape index (κ2) is 7.54. The van der Waals surface area contributed by atoms with E-state index in [0.29, 0.717) is 16.7 Å². The molecule has 0 radical (unpaired) electrons. The van der Waals surface area contributed by atoms with Crippen molar-refractivity contribution in [1.82, 2.24) is 5.43 Å². The molecule has 0 unspecified atom stereocenters. The molecule has 6 N–H and O–H groups in total. The Morgan fingerprint density at radius 3 is 2.23 bits per heavy atom. The van der Waals surface area contributed by atoms with E-state index in [1.54, 1.807) is 6.07 Å². The van der Waals surface area contributed by atoms with Crippen molar-refractivity contribution in [3.63, 3.8) is 0 Å². The van der Waals surface area contributed by atoms with E-state index in [1.807, 2.05) is 5.43 Å². The molecule has 26 heavy (non-hydrogen) atoms. The molecule has 0 heterocycles. The summed E-state index contributed by atoms with van der Waals surface area (Å²) >= 11 is 6.19. The van der Waals surface area contributed by atoms with Crippen LogP contribution < -0.4 is 21.7 Å². The number of benzene rings is 2. The predicted molar refractivity (Wildman–Crippen MR) is 89.6 cm³/mol. The van der Waals surface area contributed by atoms with Crippen molar-refractivity contribution in [3.05, 3.63) is 58.7 Å². The van der Waals surface area contributed by atoms with E-state index < -0.39 is 18.0 Å². The van der Waals surface area contributed by atoms with E-state index in [9.17, 15) is 18.0 Å². The van der Waals surface area contributed by atoms with E-state index in [0.717, 1.165) is 12.1 Å². The molecule has 10 heteroatoms.